The Morgan fingerprint density at radius 1 is 1.04 bits per heavy atom. The van der Waals surface area contributed by atoms with Gasteiger partial charge in [0, 0.05) is 49.8 Å². The summed E-state index contributed by atoms with van der Waals surface area (Å²) in [5.74, 6) is -0.655. The smallest absolute Gasteiger partial charge is 0.223 e. The number of nitrogens with zero attached hydrogens (tertiary/aromatic N) is 2. The molecule has 2 aromatic carbocycles. The minimum Gasteiger partial charge on any atom is -0.341 e. The minimum absolute atomic E-state index is 0.105. The van der Waals surface area contributed by atoms with E-state index in [0.717, 1.165) is 16.3 Å². The highest BCUT2D eigenvalue weighted by Crippen LogP contribution is 2.19. The predicted molar refractivity (Wildman–Crippen MR) is 98.2 cm³/mol. The first-order chi connectivity index (χ1) is 12.5. The van der Waals surface area contributed by atoms with Crippen molar-refractivity contribution in [1.82, 2.24) is 9.88 Å². The molecule has 0 unspecified atom stereocenters. The largest absolute Gasteiger partial charge is 0.341 e. The molecule has 5 heteroatoms. The maximum absolute atomic E-state index is 12.9. The van der Waals surface area contributed by atoms with Gasteiger partial charge in [0.15, 0.2) is 5.78 Å². The summed E-state index contributed by atoms with van der Waals surface area (Å²) < 4.78 is 12.9. The van der Waals surface area contributed by atoms with Crippen LogP contribution < -0.4 is 0 Å². The van der Waals surface area contributed by atoms with Crippen molar-refractivity contribution in [2.75, 3.05) is 7.05 Å². The van der Waals surface area contributed by atoms with Gasteiger partial charge in [0.05, 0.1) is 0 Å². The molecule has 0 atom stereocenters. The Bertz CT molecular complexity index is 933. The summed E-state index contributed by atoms with van der Waals surface area (Å²) in [6.07, 6.45) is 3.75. The first-order valence-electron chi connectivity index (χ1n) is 8.39. The second-order valence-corrected chi connectivity index (χ2v) is 6.19. The van der Waals surface area contributed by atoms with Crippen molar-refractivity contribution < 1.29 is 14.0 Å². The van der Waals surface area contributed by atoms with E-state index in [2.05, 4.69) is 4.98 Å². The third-order valence-corrected chi connectivity index (χ3v) is 4.34. The van der Waals surface area contributed by atoms with Gasteiger partial charge in [-0.15, -0.1) is 0 Å². The Kier molecular flexibility index (Phi) is 5.37. The molecule has 1 amide bonds. The fraction of sp³-hybridized carbons (Fsp3) is 0.190. The number of hydrogen-bond acceptors (Lipinski definition) is 3. The molecule has 26 heavy (non-hydrogen) atoms. The fourth-order valence-corrected chi connectivity index (χ4v) is 2.86. The average molecular weight is 350 g/mol. The number of ketones is 1. The van der Waals surface area contributed by atoms with Crippen molar-refractivity contribution in [3.05, 3.63) is 77.9 Å². The zero-order chi connectivity index (χ0) is 18.5. The molecule has 0 aliphatic carbocycles. The van der Waals surface area contributed by atoms with Gasteiger partial charge >= 0.3 is 0 Å². The normalized spacial score (nSPS) is 10.7. The van der Waals surface area contributed by atoms with Crippen molar-refractivity contribution in [2.45, 2.75) is 19.4 Å². The summed E-state index contributed by atoms with van der Waals surface area (Å²) in [6.45, 7) is 0.463. The molecule has 1 aromatic heterocycles. The van der Waals surface area contributed by atoms with Crippen LogP contribution in [0.2, 0.25) is 0 Å². The molecular weight excluding hydrogens is 331 g/mol. The average Bonchev–Trinajstić information content (AvgIpc) is 2.66. The zero-order valence-corrected chi connectivity index (χ0v) is 14.5. The van der Waals surface area contributed by atoms with Gasteiger partial charge in [0.1, 0.15) is 5.82 Å². The van der Waals surface area contributed by atoms with Crippen LogP contribution in [0.25, 0.3) is 10.8 Å². The topological polar surface area (TPSA) is 50.3 Å². The van der Waals surface area contributed by atoms with Gasteiger partial charge in [-0.3, -0.25) is 14.6 Å². The third-order valence-electron chi connectivity index (χ3n) is 4.34. The molecule has 1 heterocycles. The molecule has 0 spiro atoms. The molecule has 0 fully saturated rings. The number of Topliss-reactive ketones (excluding diaryl/α,β-unsaturated/α-hetero) is 1. The number of aromatic nitrogens is 1. The Labute approximate surface area is 151 Å². The number of carbonyl (C=O) groups is 2. The van der Waals surface area contributed by atoms with Crippen LogP contribution in [-0.2, 0) is 11.3 Å². The van der Waals surface area contributed by atoms with Gasteiger partial charge in [-0.1, -0.05) is 18.2 Å². The van der Waals surface area contributed by atoms with Crippen molar-refractivity contribution >= 4 is 22.5 Å². The van der Waals surface area contributed by atoms with Gasteiger partial charge in [-0.2, -0.15) is 0 Å². The van der Waals surface area contributed by atoms with E-state index in [4.69, 9.17) is 0 Å². The van der Waals surface area contributed by atoms with E-state index in [-0.39, 0.29) is 30.3 Å². The lowest BCUT2D eigenvalue weighted by molar-refractivity contribution is -0.130. The summed E-state index contributed by atoms with van der Waals surface area (Å²) >= 11 is 0. The summed E-state index contributed by atoms with van der Waals surface area (Å²) in [4.78, 5) is 30.2. The highest BCUT2D eigenvalue weighted by atomic mass is 19.1. The van der Waals surface area contributed by atoms with Gasteiger partial charge in [0.2, 0.25) is 5.91 Å². The molecule has 3 aromatic rings. The quantitative estimate of drug-likeness (QED) is 0.632. The molecule has 0 aliphatic heterocycles. The third kappa shape index (κ3) is 4.11. The van der Waals surface area contributed by atoms with E-state index in [1.54, 1.807) is 24.3 Å². The van der Waals surface area contributed by atoms with E-state index in [9.17, 15) is 14.0 Å². The fourth-order valence-electron chi connectivity index (χ4n) is 2.86. The lowest BCUT2D eigenvalue weighted by Crippen LogP contribution is -2.26. The van der Waals surface area contributed by atoms with Crippen LogP contribution in [-0.4, -0.2) is 28.6 Å². The number of pyridine rings is 1. The van der Waals surface area contributed by atoms with Crippen molar-refractivity contribution in [2.24, 2.45) is 0 Å². The van der Waals surface area contributed by atoms with Crippen LogP contribution >= 0.6 is 0 Å². The minimum atomic E-state index is -0.386. The molecule has 0 bridgehead atoms. The molecule has 0 saturated heterocycles. The predicted octanol–water partition coefficient (Wildman–Crippen LogP) is 4.00. The maximum Gasteiger partial charge on any atom is 0.223 e. The number of hydrogen-bond donors (Lipinski definition) is 0. The van der Waals surface area contributed by atoms with Crippen LogP contribution in [0.3, 0.4) is 0 Å². The number of benzene rings is 2. The van der Waals surface area contributed by atoms with Gasteiger partial charge < -0.3 is 4.90 Å². The Morgan fingerprint density at radius 3 is 2.58 bits per heavy atom. The highest BCUT2D eigenvalue weighted by Gasteiger charge is 2.14. The summed E-state index contributed by atoms with van der Waals surface area (Å²) in [5, 5.41) is 2.09. The van der Waals surface area contributed by atoms with E-state index >= 15 is 0 Å². The Balaban J connectivity index is 1.61. The number of halogens is 1. The second-order valence-electron chi connectivity index (χ2n) is 6.19. The second kappa shape index (κ2) is 7.87. The van der Waals surface area contributed by atoms with E-state index in [1.807, 2.05) is 24.3 Å². The molecule has 132 valence electrons. The lowest BCUT2D eigenvalue weighted by Gasteiger charge is -2.18. The monoisotopic (exact) mass is 350 g/mol. The Morgan fingerprint density at radius 2 is 1.81 bits per heavy atom. The zero-order valence-electron chi connectivity index (χ0n) is 14.5. The van der Waals surface area contributed by atoms with Crippen LogP contribution in [0.1, 0.15) is 28.8 Å². The van der Waals surface area contributed by atoms with Gasteiger partial charge in [0.25, 0.3) is 0 Å². The molecule has 0 radical (unpaired) electrons. The number of fused-ring (bicyclic) bond motifs is 1. The maximum atomic E-state index is 12.9. The van der Waals surface area contributed by atoms with Gasteiger partial charge in [-0.25, -0.2) is 4.39 Å². The van der Waals surface area contributed by atoms with E-state index < -0.39 is 0 Å². The molecular formula is C21H19FN2O2. The molecule has 3 rings (SSSR count). The Hall–Kier alpha value is -3.08. The van der Waals surface area contributed by atoms with Crippen molar-refractivity contribution in [3.63, 3.8) is 0 Å². The summed E-state index contributed by atoms with van der Waals surface area (Å²) in [5.41, 5.74) is 1.45. The first-order valence-corrected chi connectivity index (χ1v) is 8.39. The molecule has 0 aliphatic rings. The van der Waals surface area contributed by atoms with Crippen LogP contribution in [0.15, 0.2) is 60.9 Å². The number of carbonyl (C=O) groups excluding carboxylic acids is 2. The SMILES string of the molecule is CN(Cc1cccc2cnccc12)C(=O)CCC(=O)c1ccc(F)cc1. The van der Waals surface area contributed by atoms with Crippen molar-refractivity contribution in [1.29, 1.82) is 0 Å². The lowest BCUT2D eigenvalue weighted by atomic mass is 10.0. The summed E-state index contributed by atoms with van der Waals surface area (Å²) in [7, 11) is 1.73. The van der Waals surface area contributed by atoms with Crippen LogP contribution in [0, 0.1) is 5.82 Å². The number of amides is 1. The standard InChI is InChI=1S/C21H19FN2O2/c1-24(14-17-4-2-3-16-13-23-12-11-19(16)17)21(26)10-9-20(25)15-5-7-18(22)8-6-15/h2-8,11-13H,9-10,14H2,1H3. The molecule has 0 saturated carbocycles. The number of rotatable bonds is 6. The first kappa shape index (κ1) is 17.7. The van der Waals surface area contributed by atoms with E-state index in [0.29, 0.717) is 12.1 Å². The van der Waals surface area contributed by atoms with Gasteiger partial charge in [-0.05, 0) is 41.3 Å². The van der Waals surface area contributed by atoms with Crippen molar-refractivity contribution in [3.8, 4) is 0 Å². The molecule has 4 nitrogen and oxygen atoms in total. The van der Waals surface area contributed by atoms with Crippen LogP contribution in [0.4, 0.5) is 4.39 Å². The van der Waals surface area contributed by atoms with Crippen LogP contribution in [0.5, 0.6) is 0 Å². The molecule has 0 N–H and O–H groups in total. The highest BCUT2D eigenvalue weighted by molar-refractivity contribution is 5.98. The summed E-state index contributed by atoms with van der Waals surface area (Å²) in [6, 6.07) is 13.2. The van der Waals surface area contributed by atoms with E-state index in [1.165, 1.54) is 24.3 Å².